The topological polar surface area (TPSA) is 41.1 Å². The Labute approximate surface area is 52.4 Å². The van der Waals surface area contributed by atoms with Crippen molar-refractivity contribution in [1.82, 2.24) is 10.6 Å². The maximum absolute atomic E-state index is 10.4. The van der Waals surface area contributed by atoms with Crippen molar-refractivity contribution < 1.29 is 4.79 Å². The summed E-state index contributed by atoms with van der Waals surface area (Å²) in [7, 11) is 0. The summed E-state index contributed by atoms with van der Waals surface area (Å²) >= 11 is 4.56. The molecule has 1 unspecified atom stereocenters. The lowest BCUT2D eigenvalue weighted by Gasteiger charge is -1.98. The minimum atomic E-state index is -0.0856. The highest BCUT2D eigenvalue weighted by Gasteiger charge is 2.15. The lowest BCUT2D eigenvalue weighted by Crippen LogP contribution is -2.32. The molecule has 0 aliphatic carbocycles. The molecule has 1 saturated heterocycles. The van der Waals surface area contributed by atoms with Gasteiger partial charge in [0.15, 0.2) is 0 Å². The molecule has 0 aromatic rings. The molecule has 8 heavy (non-hydrogen) atoms. The SMILES string of the molecule is O=C1CNC(C=S)N1. The molecule has 1 aliphatic rings. The molecule has 2 N–H and O–H groups in total. The van der Waals surface area contributed by atoms with Crippen LogP contribution >= 0.6 is 12.2 Å². The van der Waals surface area contributed by atoms with Crippen molar-refractivity contribution in [3.05, 3.63) is 0 Å². The third-order valence-corrected chi connectivity index (χ3v) is 1.21. The Hall–Kier alpha value is -0.480. The highest BCUT2D eigenvalue weighted by molar-refractivity contribution is 7.79. The maximum Gasteiger partial charge on any atom is 0.235 e. The molecule has 1 amide bonds. The van der Waals surface area contributed by atoms with Gasteiger partial charge in [0.25, 0.3) is 0 Å². The first-order valence-corrected chi connectivity index (χ1v) is 2.78. The third-order valence-electron chi connectivity index (χ3n) is 0.935. The van der Waals surface area contributed by atoms with Crippen LogP contribution < -0.4 is 10.6 Å². The molecule has 1 aliphatic heterocycles. The molecule has 1 fully saturated rings. The summed E-state index contributed by atoms with van der Waals surface area (Å²) in [6.45, 7) is 0.387. The maximum atomic E-state index is 10.4. The number of carbonyl (C=O) groups is 1. The van der Waals surface area contributed by atoms with E-state index in [-0.39, 0.29) is 12.1 Å². The van der Waals surface area contributed by atoms with Crippen LogP contribution in [0, 0.1) is 0 Å². The molecular weight excluding hydrogens is 124 g/mol. The Morgan fingerprint density at radius 1 is 1.88 bits per heavy atom. The standard InChI is InChI=1S/C4H6N2OS/c7-4-1-5-3(2-8)6-4/h2-3,5H,1H2,(H,6,7). The number of rotatable bonds is 1. The molecule has 0 radical (unpaired) electrons. The van der Waals surface area contributed by atoms with Crippen molar-refractivity contribution in [3.8, 4) is 0 Å². The van der Waals surface area contributed by atoms with Crippen LogP contribution in [0.2, 0.25) is 0 Å². The van der Waals surface area contributed by atoms with Gasteiger partial charge in [0.2, 0.25) is 5.91 Å². The molecule has 0 spiro atoms. The predicted octanol–water partition coefficient (Wildman–Crippen LogP) is -0.968. The van der Waals surface area contributed by atoms with Crippen LogP contribution in [0.4, 0.5) is 0 Å². The second-order valence-electron chi connectivity index (χ2n) is 1.56. The zero-order valence-corrected chi connectivity index (χ0v) is 4.99. The summed E-state index contributed by atoms with van der Waals surface area (Å²) in [6, 6.07) is 0. The first kappa shape index (κ1) is 5.65. The Morgan fingerprint density at radius 2 is 2.62 bits per heavy atom. The van der Waals surface area contributed by atoms with Crippen LogP contribution in [0.1, 0.15) is 0 Å². The zero-order valence-electron chi connectivity index (χ0n) is 4.18. The molecule has 0 saturated carbocycles. The van der Waals surface area contributed by atoms with Crippen LogP contribution in [0.5, 0.6) is 0 Å². The number of hydrogen-bond acceptors (Lipinski definition) is 3. The summed E-state index contributed by atoms with van der Waals surface area (Å²) < 4.78 is 0. The Bertz CT molecular complexity index is 125. The fourth-order valence-electron chi connectivity index (χ4n) is 0.560. The molecule has 0 bridgehead atoms. The Balaban J connectivity index is 2.43. The van der Waals surface area contributed by atoms with Crippen LogP contribution in [-0.2, 0) is 4.79 Å². The van der Waals surface area contributed by atoms with Gasteiger partial charge >= 0.3 is 0 Å². The summed E-state index contributed by atoms with van der Waals surface area (Å²) in [6.07, 6.45) is -0.0856. The molecule has 0 aromatic heterocycles. The second-order valence-corrected chi connectivity index (χ2v) is 1.83. The lowest BCUT2D eigenvalue weighted by molar-refractivity contribution is -0.118. The number of carbonyl (C=O) groups excluding carboxylic acids is 1. The third kappa shape index (κ3) is 1.02. The molecule has 1 heterocycles. The fourth-order valence-corrected chi connectivity index (χ4v) is 0.725. The summed E-state index contributed by atoms with van der Waals surface area (Å²) in [5.74, 6) is 0.0103. The van der Waals surface area contributed by atoms with Gasteiger partial charge in [-0.1, -0.05) is 12.2 Å². The monoisotopic (exact) mass is 130 g/mol. The van der Waals surface area contributed by atoms with E-state index in [0.29, 0.717) is 6.54 Å². The Morgan fingerprint density at radius 3 is 2.88 bits per heavy atom. The van der Waals surface area contributed by atoms with Gasteiger partial charge in [-0.05, 0) is 0 Å². The van der Waals surface area contributed by atoms with Crippen molar-refractivity contribution in [2.75, 3.05) is 6.54 Å². The minimum Gasteiger partial charge on any atom is -0.335 e. The van der Waals surface area contributed by atoms with Gasteiger partial charge < -0.3 is 5.32 Å². The largest absolute Gasteiger partial charge is 0.335 e. The van der Waals surface area contributed by atoms with E-state index in [1.165, 1.54) is 5.37 Å². The van der Waals surface area contributed by atoms with Crippen molar-refractivity contribution in [3.63, 3.8) is 0 Å². The van der Waals surface area contributed by atoms with Crippen molar-refractivity contribution >= 4 is 23.5 Å². The van der Waals surface area contributed by atoms with Gasteiger partial charge in [-0.2, -0.15) is 0 Å². The first-order chi connectivity index (χ1) is 3.83. The van der Waals surface area contributed by atoms with E-state index in [9.17, 15) is 4.79 Å². The minimum absolute atomic E-state index is 0.0103. The van der Waals surface area contributed by atoms with Crippen LogP contribution in [-0.4, -0.2) is 24.0 Å². The van der Waals surface area contributed by atoms with E-state index in [4.69, 9.17) is 0 Å². The molecule has 0 aromatic carbocycles. The van der Waals surface area contributed by atoms with E-state index in [1.54, 1.807) is 0 Å². The van der Waals surface area contributed by atoms with E-state index in [1.807, 2.05) is 0 Å². The van der Waals surface area contributed by atoms with Gasteiger partial charge in [-0.15, -0.1) is 0 Å². The molecular formula is C4H6N2OS. The number of amides is 1. The molecule has 44 valence electrons. The van der Waals surface area contributed by atoms with E-state index >= 15 is 0 Å². The van der Waals surface area contributed by atoms with Crippen molar-refractivity contribution in [2.24, 2.45) is 0 Å². The highest BCUT2D eigenvalue weighted by Crippen LogP contribution is 1.81. The second kappa shape index (κ2) is 2.19. The van der Waals surface area contributed by atoms with Crippen molar-refractivity contribution in [1.29, 1.82) is 0 Å². The fraction of sp³-hybridized carbons (Fsp3) is 0.500. The smallest absolute Gasteiger partial charge is 0.235 e. The normalized spacial score (nSPS) is 27.5. The molecule has 4 heteroatoms. The summed E-state index contributed by atoms with van der Waals surface area (Å²) in [4.78, 5) is 10.4. The zero-order chi connectivity index (χ0) is 5.98. The van der Waals surface area contributed by atoms with Gasteiger partial charge in [0, 0.05) is 5.37 Å². The van der Waals surface area contributed by atoms with E-state index in [0.717, 1.165) is 0 Å². The molecule has 1 atom stereocenters. The Kier molecular flexibility index (Phi) is 1.55. The summed E-state index contributed by atoms with van der Waals surface area (Å²) in [5, 5.41) is 6.92. The van der Waals surface area contributed by atoms with Crippen molar-refractivity contribution in [2.45, 2.75) is 6.17 Å². The lowest BCUT2D eigenvalue weighted by atomic mass is 10.6. The number of thiocarbonyl (C=S) groups is 1. The number of nitrogens with one attached hydrogen (secondary N) is 2. The van der Waals surface area contributed by atoms with E-state index in [2.05, 4.69) is 22.9 Å². The average molecular weight is 130 g/mol. The summed E-state index contributed by atoms with van der Waals surface area (Å²) in [5.41, 5.74) is 0. The van der Waals surface area contributed by atoms with Gasteiger partial charge in [-0.3, -0.25) is 10.1 Å². The highest BCUT2D eigenvalue weighted by atomic mass is 32.1. The predicted molar refractivity (Wildman–Crippen MR) is 33.6 cm³/mol. The van der Waals surface area contributed by atoms with Gasteiger partial charge in [0.1, 0.15) is 6.17 Å². The van der Waals surface area contributed by atoms with Crippen LogP contribution in [0.3, 0.4) is 0 Å². The van der Waals surface area contributed by atoms with Crippen LogP contribution in [0.25, 0.3) is 0 Å². The quantitative estimate of drug-likeness (QED) is 0.449. The van der Waals surface area contributed by atoms with E-state index < -0.39 is 0 Å². The average Bonchev–Trinajstić information content (AvgIpc) is 2.14. The van der Waals surface area contributed by atoms with Gasteiger partial charge in [0.05, 0.1) is 6.54 Å². The molecule has 1 rings (SSSR count). The number of hydrogen-bond donors (Lipinski definition) is 2. The molecule has 3 nitrogen and oxygen atoms in total. The van der Waals surface area contributed by atoms with Gasteiger partial charge in [-0.25, -0.2) is 0 Å². The van der Waals surface area contributed by atoms with Crippen LogP contribution in [0.15, 0.2) is 0 Å². The first-order valence-electron chi connectivity index (χ1n) is 2.31.